The summed E-state index contributed by atoms with van der Waals surface area (Å²) >= 11 is 0. The standard InChI is InChI=1S/C16H32N2O2/c1-6-8-9-14-16(19)18(13(7-2)11-20-5)15(17-14)10-12(3)4/h12-15,17H,6-11H2,1-5H3. The Bertz CT molecular complexity index is 294. The number of rotatable bonds is 9. The van der Waals surface area contributed by atoms with Crippen molar-refractivity contribution in [2.24, 2.45) is 5.92 Å². The van der Waals surface area contributed by atoms with Gasteiger partial charge in [0.1, 0.15) is 0 Å². The smallest absolute Gasteiger partial charge is 0.241 e. The van der Waals surface area contributed by atoms with E-state index in [1.807, 2.05) is 0 Å². The summed E-state index contributed by atoms with van der Waals surface area (Å²) in [5.74, 6) is 0.848. The molecule has 0 radical (unpaired) electrons. The van der Waals surface area contributed by atoms with Crippen molar-refractivity contribution >= 4 is 5.91 Å². The lowest BCUT2D eigenvalue weighted by Crippen LogP contribution is -2.47. The minimum atomic E-state index is 0.00426. The Hall–Kier alpha value is -0.610. The molecule has 0 aromatic heterocycles. The summed E-state index contributed by atoms with van der Waals surface area (Å²) in [5.41, 5.74) is 0. The second-order valence-electron chi connectivity index (χ2n) is 6.27. The van der Waals surface area contributed by atoms with Crippen LogP contribution < -0.4 is 5.32 Å². The first-order chi connectivity index (χ1) is 9.54. The summed E-state index contributed by atoms with van der Waals surface area (Å²) in [7, 11) is 1.71. The molecule has 0 aliphatic carbocycles. The summed E-state index contributed by atoms with van der Waals surface area (Å²) in [6.45, 7) is 9.34. The SMILES string of the molecule is CCCCC1NC(CC(C)C)N(C(CC)COC)C1=O. The predicted molar refractivity (Wildman–Crippen MR) is 82.5 cm³/mol. The first kappa shape index (κ1) is 17.4. The molecule has 1 saturated heterocycles. The van der Waals surface area contributed by atoms with E-state index in [-0.39, 0.29) is 24.2 Å². The lowest BCUT2D eigenvalue weighted by Gasteiger charge is -2.32. The van der Waals surface area contributed by atoms with Crippen molar-refractivity contribution in [1.82, 2.24) is 10.2 Å². The number of nitrogens with one attached hydrogen (secondary N) is 1. The minimum Gasteiger partial charge on any atom is -0.383 e. The number of nitrogens with zero attached hydrogens (tertiary/aromatic N) is 1. The molecule has 118 valence electrons. The average Bonchev–Trinajstić information content (AvgIpc) is 2.69. The minimum absolute atomic E-state index is 0.00426. The Morgan fingerprint density at radius 1 is 1.35 bits per heavy atom. The summed E-state index contributed by atoms with van der Waals surface area (Å²) in [4.78, 5) is 14.7. The van der Waals surface area contributed by atoms with Crippen molar-refractivity contribution in [3.05, 3.63) is 0 Å². The first-order valence-corrected chi connectivity index (χ1v) is 8.12. The highest BCUT2D eigenvalue weighted by molar-refractivity contribution is 5.84. The van der Waals surface area contributed by atoms with E-state index in [0.29, 0.717) is 12.5 Å². The van der Waals surface area contributed by atoms with E-state index in [1.54, 1.807) is 7.11 Å². The van der Waals surface area contributed by atoms with Crippen LogP contribution in [0.2, 0.25) is 0 Å². The highest BCUT2D eigenvalue weighted by Crippen LogP contribution is 2.24. The van der Waals surface area contributed by atoms with E-state index < -0.39 is 0 Å². The Balaban J connectivity index is 2.80. The number of unbranched alkanes of at least 4 members (excludes halogenated alkanes) is 1. The fraction of sp³-hybridized carbons (Fsp3) is 0.938. The van der Waals surface area contributed by atoms with Crippen LogP contribution in [0.3, 0.4) is 0 Å². The number of hydrogen-bond acceptors (Lipinski definition) is 3. The molecule has 4 heteroatoms. The van der Waals surface area contributed by atoms with E-state index in [0.717, 1.165) is 32.1 Å². The zero-order valence-corrected chi connectivity index (χ0v) is 13.8. The van der Waals surface area contributed by atoms with E-state index in [9.17, 15) is 4.79 Å². The highest BCUT2D eigenvalue weighted by atomic mass is 16.5. The normalized spacial score (nSPS) is 24.7. The van der Waals surface area contributed by atoms with Gasteiger partial charge in [-0.25, -0.2) is 0 Å². The zero-order chi connectivity index (χ0) is 15.1. The number of ether oxygens (including phenoxy) is 1. The van der Waals surface area contributed by atoms with Gasteiger partial charge in [-0.1, -0.05) is 40.5 Å². The quantitative estimate of drug-likeness (QED) is 0.708. The molecule has 1 heterocycles. The highest BCUT2D eigenvalue weighted by Gasteiger charge is 2.41. The molecule has 0 aromatic rings. The van der Waals surface area contributed by atoms with Crippen LogP contribution in [0.1, 0.15) is 59.8 Å². The maximum Gasteiger partial charge on any atom is 0.241 e. The molecule has 3 unspecified atom stereocenters. The molecule has 1 amide bonds. The van der Waals surface area contributed by atoms with Gasteiger partial charge in [-0.3, -0.25) is 10.1 Å². The first-order valence-electron chi connectivity index (χ1n) is 8.12. The summed E-state index contributed by atoms with van der Waals surface area (Å²) in [6.07, 6.45) is 5.31. The average molecular weight is 284 g/mol. The van der Waals surface area contributed by atoms with Gasteiger partial charge in [-0.05, 0) is 25.2 Å². The van der Waals surface area contributed by atoms with Gasteiger partial charge in [0, 0.05) is 7.11 Å². The van der Waals surface area contributed by atoms with Gasteiger partial charge >= 0.3 is 0 Å². The van der Waals surface area contributed by atoms with Crippen LogP contribution in [0, 0.1) is 5.92 Å². The van der Waals surface area contributed by atoms with Crippen molar-refractivity contribution in [3.8, 4) is 0 Å². The second kappa shape index (κ2) is 8.63. The van der Waals surface area contributed by atoms with Gasteiger partial charge in [-0.15, -0.1) is 0 Å². The van der Waals surface area contributed by atoms with Gasteiger partial charge in [0.05, 0.1) is 24.9 Å². The predicted octanol–water partition coefficient (Wildman–Crippen LogP) is 2.77. The van der Waals surface area contributed by atoms with E-state index in [4.69, 9.17) is 4.74 Å². The molecule has 1 aliphatic rings. The van der Waals surface area contributed by atoms with Crippen LogP contribution in [0.4, 0.5) is 0 Å². The molecule has 1 rings (SSSR count). The molecule has 0 saturated carbocycles. The van der Waals surface area contributed by atoms with Gasteiger partial charge < -0.3 is 9.64 Å². The third-order valence-electron chi connectivity index (χ3n) is 4.05. The Morgan fingerprint density at radius 3 is 2.55 bits per heavy atom. The van der Waals surface area contributed by atoms with E-state index in [2.05, 4.69) is 37.9 Å². The van der Waals surface area contributed by atoms with Crippen molar-refractivity contribution in [3.63, 3.8) is 0 Å². The number of hydrogen-bond donors (Lipinski definition) is 1. The zero-order valence-electron chi connectivity index (χ0n) is 13.8. The molecule has 20 heavy (non-hydrogen) atoms. The van der Waals surface area contributed by atoms with Gasteiger partial charge in [0.25, 0.3) is 0 Å². The third kappa shape index (κ3) is 4.45. The van der Waals surface area contributed by atoms with Crippen molar-refractivity contribution in [1.29, 1.82) is 0 Å². The van der Waals surface area contributed by atoms with Gasteiger partial charge in [0.15, 0.2) is 0 Å². The summed E-state index contributed by atoms with van der Waals surface area (Å²) in [6, 6.07) is 0.194. The fourth-order valence-corrected chi connectivity index (χ4v) is 2.98. The topological polar surface area (TPSA) is 41.6 Å². The number of methoxy groups -OCH3 is 1. The Morgan fingerprint density at radius 2 is 2.05 bits per heavy atom. The number of carbonyl (C=O) groups excluding carboxylic acids is 1. The number of amides is 1. The lowest BCUT2D eigenvalue weighted by molar-refractivity contribution is -0.133. The molecule has 1 fully saturated rings. The summed E-state index contributed by atoms with van der Waals surface area (Å²) < 4.78 is 5.30. The van der Waals surface area contributed by atoms with Crippen LogP contribution in [-0.4, -0.2) is 42.8 Å². The largest absolute Gasteiger partial charge is 0.383 e. The fourth-order valence-electron chi connectivity index (χ4n) is 2.98. The van der Waals surface area contributed by atoms with Crippen LogP contribution >= 0.6 is 0 Å². The van der Waals surface area contributed by atoms with E-state index >= 15 is 0 Å². The maximum absolute atomic E-state index is 12.7. The molecule has 0 bridgehead atoms. The van der Waals surface area contributed by atoms with Gasteiger partial charge in [0.2, 0.25) is 5.91 Å². The molecule has 4 nitrogen and oxygen atoms in total. The second-order valence-corrected chi connectivity index (χ2v) is 6.27. The maximum atomic E-state index is 12.7. The van der Waals surface area contributed by atoms with Crippen LogP contribution in [0.15, 0.2) is 0 Å². The van der Waals surface area contributed by atoms with Crippen molar-refractivity contribution < 1.29 is 9.53 Å². The Labute approximate surface area is 124 Å². The molecule has 0 aromatic carbocycles. The monoisotopic (exact) mass is 284 g/mol. The summed E-state index contributed by atoms with van der Waals surface area (Å²) in [5, 5.41) is 3.55. The third-order valence-corrected chi connectivity index (χ3v) is 4.05. The van der Waals surface area contributed by atoms with Gasteiger partial charge in [-0.2, -0.15) is 0 Å². The van der Waals surface area contributed by atoms with Crippen LogP contribution in [0.25, 0.3) is 0 Å². The number of carbonyl (C=O) groups is 1. The molecule has 0 spiro atoms. The molecular weight excluding hydrogens is 252 g/mol. The van der Waals surface area contributed by atoms with Crippen LogP contribution in [-0.2, 0) is 9.53 Å². The van der Waals surface area contributed by atoms with Crippen LogP contribution in [0.5, 0.6) is 0 Å². The molecule has 1 aliphatic heterocycles. The van der Waals surface area contributed by atoms with Crippen molar-refractivity contribution in [2.45, 2.75) is 78.0 Å². The van der Waals surface area contributed by atoms with Crippen molar-refractivity contribution in [2.75, 3.05) is 13.7 Å². The lowest BCUT2D eigenvalue weighted by atomic mass is 10.1. The molecule has 1 N–H and O–H groups in total. The molecule has 3 atom stereocenters. The Kier molecular flexibility index (Phi) is 7.52. The van der Waals surface area contributed by atoms with E-state index in [1.165, 1.54) is 0 Å². The molecular formula is C16H32N2O2.